The normalized spacial score (nSPS) is 16.9. The summed E-state index contributed by atoms with van der Waals surface area (Å²) in [5, 5.41) is 13.1. The zero-order valence-electron chi connectivity index (χ0n) is 15.5. The number of amides is 1. The summed E-state index contributed by atoms with van der Waals surface area (Å²) in [6.45, 7) is 3.73. The summed E-state index contributed by atoms with van der Waals surface area (Å²) in [6.07, 6.45) is 3.81. The van der Waals surface area contributed by atoms with Gasteiger partial charge >= 0.3 is 5.97 Å². The summed E-state index contributed by atoms with van der Waals surface area (Å²) >= 11 is 0. The average Bonchev–Trinajstić information content (AvgIpc) is 3.11. The molecular formula is C20H25N3O4. The molecule has 7 nitrogen and oxygen atoms in total. The topological polar surface area (TPSA) is 84.7 Å². The number of ether oxygens (including phenoxy) is 1. The highest BCUT2D eigenvalue weighted by atomic mass is 16.5. The zero-order chi connectivity index (χ0) is 19.2. The minimum atomic E-state index is -0.917. The van der Waals surface area contributed by atoms with E-state index in [1.807, 2.05) is 42.2 Å². The third-order valence-electron chi connectivity index (χ3n) is 4.82. The number of nitrogens with zero attached hydrogens (tertiary/aromatic N) is 3. The van der Waals surface area contributed by atoms with Gasteiger partial charge in [-0.25, -0.2) is 0 Å². The molecule has 0 saturated carbocycles. The Bertz CT molecular complexity index is 785. The first-order valence-corrected chi connectivity index (χ1v) is 9.30. The molecular weight excluding hydrogens is 346 g/mol. The van der Waals surface area contributed by atoms with Crippen molar-refractivity contribution < 1.29 is 19.4 Å². The summed E-state index contributed by atoms with van der Waals surface area (Å²) < 4.78 is 6.95. The predicted octanol–water partition coefficient (Wildman–Crippen LogP) is 2.32. The number of carbonyl (C=O) groups is 2. The molecule has 144 valence electrons. The fraction of sp³-hybridized carbons (Fsp3) is 0.450. The molecule has 1 aromatic heterocycles. The van der Waals surface area contributed by atoms with E-state index in [0.29, 0.717) is 19.6 Å². The second-order valence-electron chi connectivity index (χ2n) is 6.74. The summed E-state index contributed by atoms with van der Waals surface area (Å²) in [4.78, 5) is 25.6. The number of benzene rings is 1. The van der Waals surface area contributed by atoms with E-state index in [1.54, 1.807) is 6.20 Å². The van der Waals surface area contributed by atoms with Crippen molar-refractivity contribution in [2.24, 2.45) is 0 Å². The van der Waals surface area contributed by atoms with Crippen LogP contribution in [0.1, 0.15) is 36.9 Å². The fourth-order valence-corrected chi connectivity index (χ4v) is 3.55. The maximum atomic E-state index is 12.7. The SMILES string of the molecule is CCOc1ccc(CC(=O)N2CCCC(c3ccnn3CC(=O)O)C2)cc1. The molecule has 27 heavy (non-hydrogen) atoms. The molecule has 2 aromatic rings. The molecule has 1 unspecified atom stereocenters. The van der Waals surface area contributed by atoms with Crippen LogP contribution in [0.3, 0.4) is 0 Å². The van der Waals surface area contributed by atoms with Crippen molar-refractivity contribution in [1.29, 1.82) is 0 Å². The molecule has 0 aliphatic carbocycles. The lowest BCUT2D eigenvalue weighted by atomic mass is 9.94. The number of carbonyl (C=O) groups excluding carboxylic acids is 1. The number of hydrogen-bond donors (Lipinski definition) is 1. The van der Waals surface area contributed by atoms with Gasteiger partial charge in [0.2, 0.25) is 5.91 Å². The Hall–Kier alpha value is -2.83. The molecule has 1 fully saturated rings. The van der Waals surface area contributed by atoms with Crippen LogP contribution in [-0.4, -0.2) is 51.4 Å². The van der Waals surface area contributed by atoms with Gasteiger partial charge in [-0.2, -0.15) is 5.10 Å². The standard InChI is InChI=1S/C20H25N3O4/c1-2-27-17-7-5-15(6-8-17)12-19(24)22-11-3-4-16(13-22)18-9-10-21-23(18)14-20(25)26/h5-10,16H,2-4,11-14H2,1H3,(H,25,26). The highest BCUT2D eigenvalue weighted by Gasteiger charge is 2.27. The first-order chi connectivity index (χ1) is 13.1. The van der Waals surface area contributed by atoms with Gasteiger partial charge in [0.05, 0.1) is 13.0 Å². The lowest BCUT2D eigenvalue weighted by Crippen LogP contribution is -2.40. The summed E-state index contributed by atoms with van der Waals surface area (Å²) in [5.74, 6) is 0.0932. The van der Waals surface area contributed by atoms with Crippen molar-refractivity contribution in [3.8, 4) is 5.75 Å². The van der Waals surface area contributed by atoms with Gasteiger partial charge in [-0.1, -0.05) is 12.1 Å². The van der Waals surface area contributed by atoms with Crippen LogP contribution in [0.2, 0.25) is 0 Å². The molecule has 1 amide bonds. The van der Waals surface area contributed by atoms with Crippen LogP contribution in [0.15, 0.2) is 36.5 Å². The van der Waals surface area contributed by atoms with E-state index in [1.165, 1.54) is 4.68 Å². The van der Waals surface area contributed by atoms with Gasteiger partial charge in [-0.15, -0.1) is 0 Å². The Labute approximate surface area is 158 Å². The molecule has 1 N–H and O–H groups in total. The van der Waals surface area contributed by atoms with E-state index < -0.39 is 5.97 Å². The van der Waals surface area contributed by atoms with E-state index in [9.17, 15) is 9.59 Å². The minimum absolute atomic E-state index is 0.0909. The van der Waals surface area contributed by atoms with Crippen LogP contribution in [0.25, 0.3) is 0 Å². The molecule has 3 rings (SSSR count). The van der Waals surface area contributed by atoms with Gasteiger partial charge in [0, 0.05) is 30.9 Å². The fourth-order valence-electron chi connectivity index (χ4n) is 3.55. The maximum absolute atomic E-state index is 12.7. The molecule has 0 bridgehead atoms. The van der Waals surface area contributed by atoms with Crippen LogP contribution in [0.5, 0.6) is 5.75 Å². The van der Waals surface area contributed by atoms with Gasteiger partial charge in [-0.3, -0.25) is 14.3 Å². The van der Waals surface area contributed by atoms with Crippen LogP contribution in [0, 0.1) is 0 Å². The minimum Gasteiger partial charge on any atom is -0.494 e. The summed E-state index contributed by atoms with van der Waals surface area (Å²) in [5.41, 5.74) is 1.84. The number of hydrogen-bond acceptors (Lipinski definition) is 4. The van der Waals surface area contributed by atoms with E-state index in [4.69, 9.17) is 9.84 Å². The van der Waals surface area contributed by atoms with Crippen molar-refractivity contribution in [3.63, 3.8) is 0 Å². The van der Waals surface area contributed by atoms with Crippen LogP contribution in [0.4, 0.5) is 0 Å². The largest absolute Gasteiger partial charge is 0.494 e. The first kappa shape index (κ1) is 18.9. The van der Waals surface area contributed by atoms with Gasteiger partial charge < -0.3 is 14.7 Å². The molecule has 1 saturated heterocycles. The van der Waals surface area contributed by atoms with Crippen LogP contribution in [-0.2, 0) is 22.6 Å². The van der Waals surface area contributed by atoms with Crippen molar-refractivity contribution >= 4 is 11.9 Å². The highest BCUT2D eigenvalue weighted by molar-refractivity contribution is 5.79. The van der Waals surface area contributed by atoms with Crippen molar-refractivity contribution in [3.05, 3.63) is 47.8 Å². The first-order valence-electron chi connectivity index (χ1n) is 9.30. The van der Waals surface area contributed by atoms with E-state index in [-0.39, 0.29) is 18.4 Å². The lowest BCUT2D eigenvalue weighted by Gasteiger charge is -2.33. The molecule has 7 heteroatoms. The number of aromatic nitrogens is 2. The second-order valence-corrected chi connectivity index (χ2v) is 6.74. The molecule has 0 radical (unpaired) electrons. The Morgan fingerprint density at radius 3 is 2.74 bits per heavy atom. The quantitative estimate of drug-likeness (QED) is 0.807. The molecule has 1 aliphatic rings. The smallest absolute Gasteiger partial charge is 0.325 e. The van der Waals surface area contributed by atoms with Gasteiger partial charge in [0.1, 0.15) is 12.3 Å². The van der Waals surface area contributed by atoms with Crippen LogP contribution < -0.4 is 4.74 Å². The zero-order valence-corrected chi connectivity index (χ0v) is 15.5. The van der Waals surface area contributed by atoms with E-state index in [0.717, 1.165) is 36.4 Å². The average molecular weight is 371 g/mol. The summed E-state index contributed by atoms with van der Waals surface area (Å²) in [7, 11) is 0. The van der Waals surface area contributed by atoms with Crippen molar-refractivity contribution in [2.75, 3.05) is 19.7 Å². The number of carboxylic acids is 1. The number of likely N-dealkylation sites (tertiary alicyclic amines) is 1. The lowest BCUT2D eigenvalue weighted by molar-refractivity contribution is -0.138. The van der Waals surface area contributed by atoms with Crippen LogP contribution >= 0.6 is 0 Å². The molecule has 1 atom stereocenters. The molecule has 2 heterocycles. The third kappa shape index (κ3) is 4.87. The Morgan fingerprint density at radius 2 is 2.04 bits per heavy atom. The van der Waals surface area contributed by atoms with Crippen molar-refractivity contribution in [1.82, 2.24) is 14.7 Å². The van der Waals surface area contributed by atoms with Gasteiger partial charge in [0.25, 0.3) is 0 Å². The third-order valence-corrected chi connectivity index (χ3v) is 4.82. The number of rotatable bonds is 7. The van der Waals surface area contributed by atoms with Crippen molar-refractivity contribution in [2.45, 2.75) is 38.6 Å². The van der Waals surface area contributed by atoms with Gasteiger partial charge in [-0.05, 0) is 43.5 Å². The Kier molecular flexibility index (Phi) is 6.11. The monoisotopic (exact) mass is 371 g/mol. The van der Waals surface area contributed by atoms with E-state index >= 15 is 0 Å². The predicted molar refractivity (Wildman–Crippen MR) is 99.7 cm³/mol. The number of aliphatic carboxylic acids is 1. The maximum Gasteiger partial charge on any atom is 0.325 e. The molecule has 1 aromatic carbocycles. The molecule has 0 spiro atoms. The Balaban J connectivity index is 1.63. The molecule has 1 aliphatic heterocycles. The highest BCUT2D eigenvalue weighted by Crippen LogP contribution is 2.27. The Morgan fingerprint density at radius 1 is 1.26 bits per heavy atom. The number of piperidine rings is 1. The van der Waals surface area contributed by atoms with E-state index in [2.05, 4.69) is 5.10 Å². The summed E-state index contributed by atoms with van der Waals surface area (Å²) in [6, 6.07) is 9.47. The second kappa shape index (κ2) is 8.70. The number of carboxylic acid groups (broad SMARTS) is 1. The van der Waals surface area contributed by atoms with Gasteiger partial charge in [0.15, 0.2) is 0 Å².